The van der Waals surface area contributed by atoms with E-state index in [1.807, 2.05) is 0 Å². The van der Waals surface area contributed by atoms with Gasteiger partial charge in [-0.05, 0) is 37.1 Å². The molecule has 178 valence electrons. The molecule has 2 rings (SSSR count). The van der Waals surface area contributed by atoms with Crippen molar-refractivity contribution in [2.45, 2.75) is 38.1 Å². The number of carbonyl (C=O) groups is 2. The lowest BCUT2D eigenvalue weighted by Crippen LogP contribution is -2.43. The van der Waals surface area contributed by atoms with Gasteiger partial charge in [0.25, 0.3) is 5.91 Å². The van der Waals surface area contributed by atoms with Gasteiger partial charge >= 0.3 is 5.97 Å². The van der Waals surface area contributed by atoms with Crippen molar-refractivity contribution in [1.29, 1.82) is 0 Å². The third-order valence-electron chi connectivity index (χ3n) is 5.28. The molecule has 0 saturated carbocycles. The maximum atomic E-state index is 12.5. The first-order valence-electron chi connectivity index (χ1n) is 10.5. The zero-order chi connectivity index (χ0) is 23.9. The van der Waals surface area contributed by atoms with Crippen molar-refractivity contribution in [1.82, 2.24) is 9.21 Å². The van der Waals surface area contributed by atoms with E-state index >= 15 is 0 Å². The van der Waals surface area contributed by atoms with Crippen LogP contribution in [0.15, 0.2) is 35.2 Å². The number of sulfonamides is 1. The number of hydrogen-bond acceptors (Lipinski definition) is 7. The third-order valence-corrected chi connectivity index (χ3v) is 9.10. The summed E-state index contributed by atoms with van der Waals surface area (Å²) in [5.74, 6) is -1.19. The molecule has 1 aliphatic heterocycles. The second-order valence-electron chi connectivity index (χ2n) is 7.34. The molecule has 1 aromatic rings. The van der Waals surface area contributed by atoms with Crippen LogP contribution >= 0.6 is 0 Å². The summed E-state index contributed by atoms with van der Waals surface area (Å²) in [5, 5.41) is 0. The van der Waals surface area contributed by atoms with E-state index < -0.39 is 44.4 Å². The van der Waals surface area contributed by atoms with Gasteiger partial charge in [0.1, 0.15) is 0 Å². The first kappa shape index (κ1) is 26.0. The molecule has 0 aromatic heterocycles. The summed E-state index contributed by atoms with van der Waals surface area (Å²) in [6, 6.07) is 5.70. The van der Waals surface area contributed by atoms with E-state index in [1.165, 1.54) is 27.4 Å². The topological polar surface area (TPSA) is 118 Å². The van der Waals surface area contributed by atoms with E-state index in [2.05, 4.69) is 0 Å². The molecule has 11 heteroatoms. The molecule has 1 unspecified atom stereocenters. The van der Waals surface area contributed by atoms with Gasteiger partial charge in [-0.3, -0.25) is 4.79 Å². The summed E-state index contributed by atoms with van der Waals surface area (Å²) in [6.45, 7) is 5.88. The number of esters is 1. The number of nitrogens with zero attached hydrogens (tertiary/aromatic N) is 2. The lowest BCUT2D eigenvalue weighted by Gasteiger charge is -2.26. The molecule has 0 radical (unpaired) electrons. The number of benzene rings is 1. The predicted octanol–water partition coefficient (Wildman–Crippen LogP) is 1.31. The average molecular weight is 487 g/mol. The maximum Gasteiger partial charge on any atom is 0.331 e. The fourth-order valence-electron chi connectivity index (χ4n) is 3.55. The fraction of sp³-hybridized carbons (Fsp3) is 0.524. The zero-order valence-electron chi connectivity index (χ0n) is 18.6. The van der Waals surface area contributed by atoms with Crippen LogP contribution in [0.25, 0.3) is 6.08 Å². The molecular formula is C21H30N2O7S2. The monoisotopic (exact) mass is 486 g/mol. The number of ether oxygens (including phenoxy) is 1. The van der Waals surface area contributed by atoms with Crippen LogP contribution in [0.5, 0.6) is 0 Å². The normalized spacial score (nSPS) is 18.2. The van der Waals surface area contributed by atoms with E-state index in [4.69, 9.17) is 4.74 Å². The molecule has 32 heavy (non-hydrogen) atoms. The number of amides is 1. The first-order chi connectivity index (χ1) is 15.0. The van der Waals surface area contributed by atoms with Crippen LogP contribution in [0.1, 0.15) is 32.8 Å². The second kappa shape index (κ2) is 11.1. The lowest BCUT2D eigenvalue weighted by molar-refractivity contribution is -0.149. The van der Waals surface area contributed by atoms with Gasteiger partial charge in [-0.25, -0.2) is 21.6 Å². The number of hydrogen-bond donors (Lipinski definition) is 0. The highest BCUT2D eigenvalue weighted by atomic mass is 32.2. The molecule has 1 fully saturated rings. The van der Waals surface area contributed by atoms with Crippen LogP contribution in [0.3, 0.4) is 0 Å². The van der Waals surface area contributed by atoms with Crippen LogP contribution in [-0.2, 0) is 34.2 Å². The molecule has 0 aliphatic carbocycles. The van der Waals surface area contributed by atoms with Crippen LogP contribution in [0.2, 0.25) is 0 Å². The minimum absolute atomic E-state index is 0.0545. The van der Waals surface area contributed by atoms with Crippen molar-refractivity contribution in [2.75, 3.05) is 37.7 Å². The Morgan fingerprint density at radius 2 is 1.72 bits per heavy atom. The molecule has 0 spiro atoms. The van der Waals surface area contributed by atoms with Gasteiger partial charge < -0.3 is 9.64 Å². The smallest absolute Gasteiger partial charge is 0.331 e. The van der Waals surface area contributed by atoms with Crippen molar-refractivity contribution < 1.29 is 31.2 Å². The van der Waals surface area contributed by atoms with Crippen molar-refractivity contribution in [3.05, 3.63) is 35.9 Å². The third kappa shape index (κ3) is 6.63. The summed E-state index contributed by atoms with van der Waals surface area (Å²) in [6.07, 6.45) is 3.00. The highest BCUT2D eigenvalue weighted by molar-refractivity contribution is 7.91. The molecule has 1 amide bonds. The van der Waals surface area contributed by atoms with Gasteiger partial charge in [0.2, 0.25) is 10.0 Å². The van der Waals surface area contributed by atoms with Gasteiger partial charge in [0, 0.05) is 31.8 Å². The van der Waals surface area contributed by atoms with E-state index in [1.54, 1.807) is 32.9 Å². The SMILES string of the molecule is CCN(C(=O)COC(=O)C=Cc1ccc(S(=O)(=O)N(CC)CC)cc1)C1CCS(=O)(=O)C1. The second-order valence-corrected chi connectivity index (χ2v) is 11.5. The molecule has 1 saturated heterocycles. The summed E-state index contributed by atoms with van der Waals surface area (Å²) in [7, 11) is -6.68. The van der Waals surface area contributed by atoms with E-state index in [9.17, 15) is 26.4 Å². The summed E-state index contributed by atoms with van der Waals surface area (Å²) >= 11 is 0. The molecular weight excluding hydrogens is 456 g/mol. The highest BCUT2D eigenvalue weighted by Crippen LogP contribution is 2.18. The van der Waals surface area contributed by atoms with E-state index in [0.29, 0.717) is 31.6 Å². The number of carbonyl (C=O) groups excluding carboxylic acids is 2. The molecule has 0 bridgehead atoms. The van der Waals surface area contributed by atoms with Crippen LogP contribution in [0, 0.1) is 0 Å². The molecule has 1 aromatic carbocycles. The van der Waals surface area contributed by atoms with Crippen LogP contribution in [0.4, 0.5) is 0 Å². The number of rotatable bonds is 10. The molecule has 9 nitrogen and oxygen atoms in total. The molecule has 1 atom stereocenters. The van der Waals surface area contributed by atoms with Gasteiger partial charge in [-0.2, -0.15) is 4.31 Å². The zero-order valence-corrected chi connectivity index (χ0v) is 20.2. The minimum atomic E-state index is -3.55. The Morgan fingerprint density at radius 3 is 2.22 bits per heavy atom. The minimum Gasteiger partial charge on any atom is -0.452 e. The molecule has 1 heterocycles. The highest BCUT2D eigenvalue weighted by Gasteiger charge is 2.34. The van der Waals surface area contributed by atoms with Gasteiger partial charge in [-0.15, -0.1) is 0 Å². The van der Waals surface area contributed by atoms with Gasteiger partial charge in [0.05, 0.1) is 16.4 Å². The Hall–Kier alpha value is -2.24. The van der Waals surface area contributed by atoms with Gasteiger partial charge in [-0.1, -0.05) is 26.0 Å². The van der Waals surface area contributed by atoms with Gasteiger partial charge in [0.15, 0.2) is 16.4 Å². The van der Waals surface area contributed by atoms with Crippen LogP contribution in [-0.4, -0.2) is 81.7 Å². The standard InChI is InChI=1S/C21H30N2O7S2/c1-4-22(5-2)32(28,29)19-10-7-17(8-11-19)9-12-21(25)30-15-20(24)23(6-3)18-13-14-31(26,27)16-18/h7-12,18H,4-6,13-16H2,1-3H3. The Morgan fingerprint density at radius 1 is 1.09 bits per heavy atom. The van der Waals surface area contributed by atoms with Crippen molar-refractivity contribution in [3.63, 3.8) is 0 Å². The Kier molecular flexibility index (Phi) is 8.99. The van der Waals surface area contributed by atoms with Crippen molar-refractivity contribution in [2.24, 2.45) is 0 Å². The van der Waals surface area contributed by atoms with E-state index in [0.717, 1.165) is 6.08 Å². The first-order valence-corrected chi connectivity index (χ1v) is 13.7. The Labute approximate surface area is 190 Å². The molecule has 1 aliphatic rings. The largest absolute Gasteiger partial charge is 0.452 e. The van der Waals surface area contributed by atoms with E-state index in [-0.39, 0.29) is 16.4 Å². The van der Waals surface area contributed by atoms with Crippen molar-refractivity contribution >= 4 is 37.8 Å². The summed E-state index contributed by atoms with van der Waals surface area (Å²) in [4.78, 5) is 25.9. The number of sulfone groups is 1. The lowest BCUT2D eigenvalue weighted by atomic mass is 10.2. The number of likely N-dealkylation sites (N-methyl/N-ethyl adjacent to an activating group) is 1. The van der Waals surface area contributed by atoms with Crippen LogP contribution < -0.4 is 0 Å². The molecule has 0 N–H and O–H groups in total. The maximum absolute atomic E-state index is 12.5. The average Bonchev–Trinajstić information content (AvgIpc) is 3.11. The Bertz CT molecular complexity index is 1040. The fourth-order valence-corrected chi connectivity index (χ4v) is 6.74. The summed E-state index contributed by atoms with van der Waals surface area (Å²) in [5.41, 5.74) is 0.595. The predicted molar refractivity (Wildman–Crippen MR) is 121 cm³/mol. The Balaban J connectivity index is 1.92. The van der Waals surface area contributed by atoms with Crippen molar-refractivity contribution in [3.8, 4) is 0 Å². The summed E-state index contributed by atoms with van der Waals surface area (Å²) < 4.78 is 54.6. The quantitative estimate of drug-likeness (QED) is 0.361.